The van der Waals surface area contributed by atoms with Crippen LogP contribution in [0.4, 0.5) is 5.69 Å². The highest BCUT2D eigenvalue weighted by molar-refractivity contribution is 6.30. The Kier molecular flexibility index (Phi) is 5.90. The van der Waals surface area contributed by atoms with Crippen molar-refractivity contribution >= 4 is 17.3 Å². The number of ether oxygens (including phenoxy) is 1. The minimum absolute atomic E-state index is 0.661. The van der Waals surface area contributed by atoms with Crippen molar-refractivity contribution in [1.82, 2.24) is 0 Å². The molecule has 2 aromatic carbocycles. The molecule has 0 amide bonds. The smallest absolute Gasteiger partial charge is 0.0717 e. The molecule has 0 saturated heterocycles. The number of halogens is 1. The maximum atomic E-state index is 6.03. The van der Waals surface area contributed by atoms with Gasteiger partial charge in [0, 0.05) is 23.8 Å². The van der Waals surface area contributed by atoms with Crippen molar-refractivity contribution in [2.45, 2.75) is 13.5 Å². The van der Waals surface area contributed by atoms with Crippen molar-refractivity contribution in [2.24, 2.45) is 0 Å². The largest absolute Gasteiger partial charge is 0.375 e. The number of hydrogen-bond acceptors (Lipinski definition) is 2. The van der Waals surface area contributed by atoms with Crippen molar-refractivity contribution in [3.8, 4) is 0 Å². The first-order valence-electron chi connectivity index (χ1n) is 6.92. The molecular weight excluding hydrogens is 270 g/mol. The Hall–Kier alpha value is -1.51. The van der Waals surface area contributed by atoms with Gasteiger partial charge in [-0.3, -0.25) is 0 Å². The van der Waals surface area contributed by atoms with Crippen LogP contribution in [0.25, 0.3) is 0 Å². The standard InChI is InChI=1S/C17H20ClNO/c1-2-19(17-10-6-9-16(18)13-17)11-12-20-14-15-7-4-3-5-8-15/h3-10,13H,2,11-12,14H2,1H3. The molecule has 0 aliphatic rings. The Bertz CT molecular complexity index is 515. The van der Waals surface area contributed by atoms with Crippen molar-refractivity contribution in [2.75, 3.05) is 24.6 Å². The first-order valence-corrected chi connectivity index (χ1v) is 7.29. The molecule has 0 aromatic heterocycles. The van der Waals surface area contributed by atoms with E-state index in [-0.39, 0.29) is 0 Å². The number of anilines is 1. The summed E-state index contributed by atoms with van der Waals surface area (Å²) in [5.74, 6) is 0. The van der Waals surface area contributed by atoms with E-state index in [1.807, 2.05) is 36.4 Å². The highest BCUT2D eigenvalue weighted by Gasteiger charge is 2.04. The second-order valence-corrected chi connectivity index (χ2v) is 5.03. The number of benzene rings is 2. The zero-order valence-corrected chi connectivity index (χ0v) is 12.5. The van der Waals surface area contributed by atoms with Crippen LogP contribution in [0.15, 0.2) is 54.6 Å². The molecule has 2 rings (SSSR count). The lowest BCUT2D eigenvalue weighted by molar-refractivity contribution is 0.127. The number of likely N-dealkylation sites (N-methyl/N-ethyl adjacent to an activating group) is 1. The third-order valence-electron chi connectivity index (χ3n) is 3.17. The molecule has 0 bridgehead atoms. The Labute approximate surface area is 125 Å². The summed E-state index contributed by atoms with van der Waals surface area (Å²) in [7, 11) is 0. The first kappa shape index (κ1) is 14.9. The molecule has 20 heavy (non-hydrogen) atoms. The minimum Gasteiger partial charge on any atom is -0.375 e. The van der Waals surface area contributed by atoms with Gasteiger partial charge in [-0.05, 0) is 30.7 Å². The molecule has 0 N–H and O–H groups in total. The predicted octanol–water partition coefficient (Wildman–Crippen LogP) is 4.38. The Morgan fingerprint density at radius 2 is 1.85 bits per heavy atom. The zero-order valence-electron chi connectivity index (χ0n) is 11.8. The monoisotopic (exact) mass is 289 g/mol. The van der Waals surface area contributed by atoms with Crippen LogP contribution < -0.4 is 4.90 Å². The fourth-order valence-electron chi connectivity index (χ4n) is 2.08. The lowest BCUT2D eigenvalue weighted by atomic mass is 10.2. The van der Waals surface area contributed by atoms with Crippen LogP contribution in [0, 0.1) is 0 Å². The quantitative estimate of drug-likeness (QED) is 0.701. The van der Waals surface area contributed by atoms with Gasteiger partial charge in [0.1, 0.15) is 0 Å². The van der Waals surface area contributed by atoms with E-state index < -0.39 is 0 Å². The number of nitrogens with zero attached hydrogens (tertiary/aromatic N) is 1. The summed E-state index contributed by atoms with van der Waals surface area (Å²) in [6, 6.07) is 18.2. The first-order chi connectivity index (χ1) is 9.79. The fourth-order valence-corrected chi connectivity index (χ4v) is 2.27. The molecule has 0 unspecified atom stereocenters. The lowest BCUT2D eigenvalue weighted by Gasteiger charge is -2.23. The normalized spacial score (nSPS) is 10.5. The van der Waals surface area contributed by atoms with Crippen LogP contribution in [-0.4, -0.2) is 19.7 Å². The van der Waals surface area contributed by atoms with Crippen LogP contribution in [0.5, 0.6) is 0 Å². The fraction of sp³-hybridized carbons (Fsp3) is 0.294. The van der Waals surface area contributed by atoms with Crippen LogP contribution >= 0.6 is 11.6 Å². The maximum Gasteiger partial charge on any atom is 0.0717 e. The maximum absolute atomic E-state index is 6.03. The Morgan fingerprint density at radius 3 is 2.55 bits per heavy atom. The molecule has 0 heterocycles. The summed E-state index contributed by atoms with van der Waals surface area (Å²) >= 11 is 6.03. The molecule has 2 aromatic rings. The molecule has 106 valence electrons. The molecule has 0 fully saturated rings. The molecular formula is C17H20ClNO. The zero-order chi connectivity index (χ0) is 14.2. The van der Waals surface area contributed by atoms with Gasteiger partial charge in [0.15, 0.2) is 0 Å². The molecule has 3 heteroatoms. The van der Waals surface area contributed by atoms with Gasteiger partial charge in [0.25, 0.3) is 0 Å². The number of rotatable bonds is 7. The minimum atomic E-state index is 0.661. The van der Waals surface area contributed by atoms with E-state index in [1.165, 1.54) is 5.56 Å². The van der Waals surface area contributed by atoms with Crippen LogP contribution in [-0.2, 0) is 11.3 Å². The Balaban J connectivity index is 1.80. The van der Waals surface area contributed by atoms with Crippen LogP contribution in [0.2, 0.25) is 5.02 Å². The van der Waals surface area contributed by atoms with Gasteiger partial charge in [0.2, 0.25) is 0 Å². The van der Waals surface area contributed by atoms with Gasteiger partial charge >= 0.3 is 0 Å². The average Bonchev–Trinajstić information content (AvgIpc) is 2.48. The van der Waals surface area contributed by atoms with Gasteiger partial charge in [-0.2, -0.15) is 0 Å². The van der Waals surface area contributed by atoms with Gasteiger partial charge in [-0.15, -0.1) is 0 Å². The summed E-state index contributed by atoms with van der Waals surface area (Å²) in [4.78, 5) is 2.26. The summed E-state index contributed by atoms with van der Waals surface area (Å²) in [5, 5.41) is 0.770. The second kappa shape index (κ2) is 7.93. The van der Waals surface area contributed by atoms with E-state index in [0.29, 0.717) is 13.2 Å². The van der Waals surface area contributed by atoms with E-state index in [4.69, 9.17) is 16.3 Å². The second-order valence-electron chi connectivity index (χ2n) is 4.60. The topological polar surface area (TPSA) is 12.5 Å². The van der Waals surface area contributed by atoms with Gasteiger partial charge in [-0.25, -0.2) is 0 Å². The summed E-state index contributed by atoms with van der Waals surface area (Å²) < 4.78 is 5.73. The van der Waals surface area contributed by atoms with E-state index in [2.05, 4.69) is 30.0 Å². The van der Waals surface area contributed by atoms with Crippen molar-refractivity contribution in [3.05, 3.63) is 65.2 Å². The molecule has 0 aliphatic carbocycles. The molecule has 0 spiro atoms. The molecule has 2 nitrogen and oxygen atoms in total. The molecule has 0 aliphatic heterocycles. The molecule has 0 atom stereocenters. The highest BCUT2D eigenvalue weighted by Crippen LogP contribution is 2.19. The number of hydrogen-bond donors (Lipinski definition) is 0. The van der Waals surface area contributed by atoms with Crippen molar-refractivity contribution in [1.29, 1.82) is 0 Å². The van der Waals surface area contributed by atoms with Gasteiger partial charge in [-0.1, -0.05) is 48.0 Å². The van der Waals surface area contributed by atoms with E-state index in [1.54, 1.807) is 0 Å². The van der Waals surface area contributed by atoms with E-state index >= 15 is 0 Å². The van der Waals surface area contributed by atoms with Gasteiger partial charge < -0.3 is 9.64 Å². The third kappa shape index (κ3) is 4.55. The lowest BCUT2D eigenvalue weighted by Crippen LogP contribution is -2.27. The van der Waals surface area contributed by atoms with Crippen molar-refractivity contribution in [3.63, 3.8) is 0 Å². The van der Waals surface area contributed by atoms with Crippen LogP contribution in [0.3, 0.4) is 0 Å². The summed E-state index contributed by atoms with van der Waals surface area (Å²) in [6.07, 6.45) is 0. The Morgan fingerprint density at radius 1 is 1.05 bits per heavy atom. The van der Waals surface area contributed by atoms with Gasteiger partial charge in [0.05, 0.1) is 13.2 Å². The summed E-state index contributed by atoms with van der Waals surface area (Å²) in [6.45, 7) is 5.31. The predicted molar refractivity (Wildman–Crippen MR) is 85.4 cm³/mol. The van der Waals surface area contributed by atoms with E-state index in [0.717, 1.165) is 23.8 Å². The summed E-state index contributed by atoms with van der Waals surface area (Å²) in [5.41, 5.74) is 2.35. The third-order valence-corrected chi connectivity index (χ3v) is 3.41. The molecule has 0 radical (unpaired) electrons. The van der Waals surface area contributed by atoms with Crippen molar-refractivity contribution < 1.29 is 4.74 Å². The average molecular weight is 290 g/mol. The SMILES string of the molecule is CCN(CCOCc1ccccc1)c1cccc(Cl)c1. The highest BCUT2D eigenvalue weighted by atomic mass is 35.5. The molecule has 0 saturated carbocycles. The van der Waals surface area contributed by atoms with Crippen LogP contribution in [0.1, 0.15) is 12.5 Å². The van der Waals surface area contributed by atoms with E-state index in [9.17, 15) is 0 Å².